The largest absolute Gasteiger partial charge is 0.497 e. The molecule has 1 N–H and O–H groups in total. The molecular formula is C15H16FNO3S. The Morgan fingerprint density at radius 2 is 1.48 bits per heavy atom. The predicted molar refractivity (Wildman–Crippen MR) is 79.2 cm³/mol. The van der Waals surface area contributed by atoms with Gasteiger partial charge in [0.25, 0.3) is 0 Å². The van der Waals surface area contributed by atoms with Gasteiger partial charge in [-0.25, -0.2) is 17.5 Å². The lowest BCUT2D eigenvalue weighted by Gasteiger charge is -2.19. The number of methoxy groups -OCH3 is 1. The van der Waals surface area contributed by atoms with E-state index in [4.69, 9.17) is 4.74 Å². The molecule has 0 aromatic heterocycles. The molecule has 0 bridgehead atoms. The Bertz CT molecular complexity index is 697. The molecule has 2 aromatic carbocycles. The summed E-state index contributed by atoms with van der Waals surface area (Å²) in [5.74, 6) is 0.308. The van der Waals surface area contributed by atoms with Crippen molar-refractivity contribution in [2.75, 3.05) is 13.4 Å². The van der Waals surface area contributed by atoms with Crippen LogP contribution in [-0.2, 0) is 10.0 Å². The summed E-state index contributed by atoms with van der Waals surface area (Å²) in [4.78, 5) is 0. The third kappa shape index (κ3) is 4.27. The molecule has 0 amide bonds. The van der Waals surface area contributed by atoms with Crippen LogP contribution in [0.1, 0.15) is 17.2 Å². The van der Waals surface area contributed by atoms with Gasteiger partial charge in [-0.05, 0) is 35.4 Å². The van der Waals surface area contributed by atoms with E-state index in [1.807, 2.05) is 0 Å². The van der Waals surface area contributed by atoms with Crippen LogP contribution >= 0.6 is 0 Å². The van der Waals surface area contributed by atoms with E-state index < -0.39 is 16.1 Å². The molecule has 1 unspecified atom stereocenters. The van der Waals surface area contributed by atoms with Crippen LogP contribution < -0.4 is 9.46 Å². The van der Waals surface area contributed by atoms with E-state index in [-0.39, 0.29) is 5.82 Å². The summed E-state index contributed by atoms with van der Waals surface area (Å²) < 4.78 is 43.8. The highest BCUT2D eigenvalue weighted by atomic mass is 32.2. The number of halogens is 1. The van der Waals surface area contributed by atoms with Crippen LogP contribution in [0.3, 0.4) is 0 Å². The first-order valence-corrected chi connectivity index (χ1v) is 8.15. The first kappa shape index (κ1) is 15.5. The van der Waals surface area contributed by atoms with Crippen LogP contribution in [0.2, 0.25) is 0 Å². The minimum absolute atomic E-state index is 0.369. The van der Waals surface area contributed by atoms with Gasteiger partial charge in [-0.2, -0.15) is 0 Å². The van der Waals surface area contributed by atoms with Crippen molar-refractivity contribution >= 4 is 10.0 Å². The number of ether oxygens (including phenoxy) is 1. The molecule has 2 aromatic rings. The molecule has 0 saturated heterocycles. The third-order valence-corrected chi connectivity index (χ3v) is 3.65. The molecule has 112 valence electrons. The van der Waals surface area contributed by atoms with Crippen molar-refractivity contribution in [1.29, 1.82) is 0 Å². The van der Waals surface area contributed by atoms with Crippen LogP contribution in [0.4, 0.5) is 4.39 Å². The zero-order valence-corrected chi connectivity index (χ0v) is 12.5. The third-order valence-electron chi connectivity index (χ3n) is 2.98. The molecule has 0 spiro atoms. The summed E-state index contributed by atoms with van der Waals surface area (Å²) in [6, 6.07) is 12.2. The summed E-state index contributed by atoms with van der Waals surface area (Å²) in [5, 5.41) is 0. The maximum atomic E-state index is 13.0. The predicted octanol–water partition coefficient (Wildman–Crippen LogP) is 2.47. The fourth-order valence-corrected chi connectivity index (χ4v) is 2.69. The standard InChI is InChI=1S/C15H16FNO3S/c1-20-14-9-5-12(6-10-14)15(17-21(2,18)19)11-3-7-13(16)8-4-11/h3-10,15,17H,1-2H3. The second-order valence-electron chi connectivity index (χ2n) is 4.65. The highest BCUT2D eigenvalue weighted by Crippen LogP contribution is 2.25. The first-order valence-electron chi connectivity index (χ1n) is 6.26. The summed E-state index contributed by atoms with van der Waals surface area (Å²) >= 11 is 0. The van der Waals surface area contributed by atoms with Crippen molar-refractivity contribution in [3.8, 4) is 5.75 Å². The van der Waals surface area contributed by atoms with Crippen LogP contribution in [0.25, 0.3) is 0 Å². The number of nitrogens with one attached hydrogen (secondary N) is 1. The van der Waals surface area contributed by atoms with Gasteiger partial charge in [0.15, 0.2) is 0 Å². The van der Waals surface area contributed by atoms with Gasteiger partial charge in [-0.3, -0.25) is 0 Å². The van der Waals surface area contributed by atoms with E-state index in [1.54, 1.807) is 43.5 Å². The Kier molecular flexibility index (Phi) is 4.59. The second kappa shape index (κ2) is 6.24. The Morgan fingerprint density at radius 1 is 1.00 bits per heavy atom. The molecule has 1 atom stereocenters. The van der Waals surface area contributed by atoms with Gasteiger partial charge in [0.2, 0.25) is 10.0 Å². The van der Waals surface area contributed by atoms with Crippen LogP contribution in [-0.4, -0.2) is 21.8 Å². The molecule has 4 nitrogen and oxygen atoms in total. The molecule has 2 rings (SSSR count). The molecule has 0 aliphatic heterocycles. The maximum absolute atomic E-state index is 13.0. The van der Waals surface area contributed by atoms with Crippen molar-refractivity contribution in [1.82, 2.24) is 4.72 Å². The minimum Gasteiger partial charge on any atom is -0.497 e. The van der Waals surface area contributed by atoms with Gasteiger partial charge in [-0.15, -0.1) is 0 Å². The lowest BCUT2D eigenvalue weighted by atomic mass is 9.99. The van der Waals surface area contributed by atoms with Crippen molar-refractivity contribution in [3.05, 3.63) is 65.5 Å². The Hall–Kier alpha value is -1.92. The quantitative estimate of drug-likeness (QED) is 0.923. The van der Waals surface area contributed by atoms with Crippen molar-refractivity contribution in [2.24, 2.45) is 0 Å². The summed E-state index contributed by atoms with van der Waals surface area (Å²) in [5.41, 5.74) is 1.40. The zero-order valence-electron chi connectivity index (χ0n) is 11.7. The number of sulfonamides is 1. The highest BCUT2D eigenvalue weighted by molar-refractivity contribution is 7.88. The Labute approximate surface area is 123 Å². The minimum atomic E-state index is -3.42. The van der Waals surface area contributed by atoms with Gasteiger partial charge < -0.3 is 4.74 Å². The molecule has 21 heavy (non-hydrogen) atoms. The van der Waals surface area contributed by atoms with Crippen molar-refractivity contribution in [3.63, 3.8) is 0 Å². The number of hydrogen-bond acceptors (Lipinski definition) is 3. The summed E-state index contributed by atoms with van der Waals surface area (Å²) in [6.07, 6.45) is 1.09. The molecule has 0 saturated carbocycles. The number of rotatable bonds is 5. The second-order valence-corrected chi connectivity index (χ2v) is 6.43. The monoisotopic (exact) mass is 309 g/mol. The van der Waals surface area contributed by atoms with Gasteiger partial charge in [0.05, 0.1) is 19.4 Å². The van der Waals surface area contributed by atoms with E-state index in [1.165, 1.54) is 12.1 Å². The zero-order chi connectivity index (χ0) is 15.5. The fourth-order valence-electron chi connectivity index (χ4n) is 1.99. The first-order chi connectivity index (χ1) is 9.89. The van der Waals surface area contributed by atoms with Crippen molar-refractivity contribution in [2.45, 2.75) is 6.04 Å². The van der Waals surface area contributed by atoms with Crippen molar-refractivity contribution < 1.29 is 17.5 Å². The average molecular weight is 309 g/mol. The van der Waals surface area contributed by atoms with Gasteiger partial charge in [-0.1, -0.05) is 24.3 Å². The molecule has 0 fully saturated rings. The average Bonchev–Trinajstić information content (AvgIpc) is 2.45. The molecule has 0 aliphatic rings. The van der Waals surface area contributed by atoms with E-state index in [2.05, 4.69) is 4.72 Å². The van der Waals surface area contributed by atoms with E-state index in [9.17, 15) is 12.8 Å². The SMILES string of the molecule is COc1ccc(C(NS(C)(=O)=O)c2ccc(F)cc2)cc1. The highest BCUT2D eigenvalue weighted by Gasteiger charge is 2.18. The topological polar surface area (TPSA) is 55.4 Å². The molecule has 0 aliphatic carbocycles. The van der Waals surface area contributed by atoms with Crippen LogP contribution in [0, 0.1) is 5.82 Å². The van der Waals surface area contributed by atoms with E-state index >= 15 is 0 Å². The summed E-state index contributed by atoms with van der Waals surface area (Å²) in [6.45, 7) is 0. The lowest BCUT2D eigenvalue weighted by molar-refractivity contribution is 0.414. The van der Waals surface area contributed by atoms with Crippen LogP contribution in [0.5, 0.6) is 5.75 Å². The molecule has 0 radical (unpaired) electrons. The van der Waals surface area contributed by atoms with Gasteiger partial charge in [0.1, 0.15) is 11.6 Å². The molecule has 0 heterocycles. The summed E-state index contributed by atoms with van der Waals surface area (Å²) in [7, 11) is -1.86. The smallest absolute Gasteiger partial charge is 0.209 e. The molecule has 6 heteroatoms. The van der Waals surface area contributed by atoms with E-state index in [0.717, 1.165) is 11.8 Å². The maximum Gasteiger partial charge on any atom is 0.209 e. The Morgan fingerprint density at radius 3 is 1.90 bits per heavy atom. The molecular weight excluding hydrogens is 293 g/mol. The number of benzene rings is 2. The lowest BCUT2D eigenvalue weighted by Crippen LogP contribution is -2.28. The van der Waals surface area contributed by atoms with E-state index in [0.29, 0.717) is 11.3 Å². The van der Waals surface area contributed by atoms with Gasteiger partial charge in [0, 0.05) is 0 Å². The fraction of sp³-hybridized carbons (Fsp3) is 0.200. The van der Waals surface area contributed by atoms with Crippen LogP contribution in [0.15, 0.2) is 48.5 Å². The Balaban J connectivity index is 2.41. The normalized spacial score (nSPS) is 12.9. The number of hydrogen-bond donors (Lipinski definition) is 1. The van der Waals surface area contributed by atoms with Gasteiger partial charge >= 0.3 is 0 Å².